The lowest BCUT2D eigenvalue weighted by Crippen LogP contribution is -2.42. The molecule has 1 saturated heterocycles. The Balaban J connectivity index is 1.35. The number of aryl methyl sites for hydroxylation is 1. The van der Waals surface area contributed by atoms with E-state index in [2.05, 4.69) is 58.0 Å². The summed E-state index contributed by atoms with van der Waals surface area (Å²) in [6.07, 6.45) is 3.21. The second-order valence-electron chi connectivity index (χ2n) is 8.85. The fourth-order valence-corrected chi connectivity index (χ4v) is 5.31. The van der Waals surface area contributed by atoms with Crippen molar-refractivity contribution in [3.63, 3.8) is 0 Å². The molecule has 2 aliphatic rings. The van der Waals surface area contributed by atoms with E-state index in [1.165, 1.54) is 16.8 Å². The zero-order valence-corrected chi connectivity index (χ0v) is 19.9. The van der Waals surface area contributed by atoms with E-state index in [1.54, 1.807) is 7.11 Å². The molecule has 2 aromatic carbocycles. The average Bonchev–Trinajstić information content (AvgIpc) is 3.55. The van der Waals surface area contributed by atoms with E-state index in [0.717, 1.165) is 57.0 Å². The van der Waals surface area contributed by atoms with Crippen molar-refractivity contribution in [2.24, 2.45) is 0 Å². The van der Waals surface area contributed by atoms with Gasteiger partial charge in [-0.05, 0) is 49.2 Å². The van der Waals surface area contributed by atoms with Gasteiger partial charge in [0.15, 0.2) is 5.11 Å². The topological polar surface area (TPSA) is 54.4 Å². The Morgan fingerprint density at radius 1 is 1.06 bits per heavy atom. The molecular formula is C26H31N5OS. The molecule has 7 heteroatoms. The maximum absolute atomic E-state index is 5.84. The van der Waals surface area contributed by atoms with E-state index in [0.29, 0.717) is 11.0 Å². The summed E-state index contributed by atoms with van der Waals surface area (Å²) in [6, 6.07) is 21.2. The molecule has 0 radical (unpaired) electrons. The third-order valence-electron chi connectivity index (χ3n) is 6.69. The molecule has 2 N–H and O–H groups in total. The van der Waals surface area contributed by atoms with Crippen molar-refractivity contribution < 1.29 is 4.74 Å². The molecule has 1 aliphatic heterocycles. The summed E-state index contributed by atoms with van der Waals surface area (Å²) in [5, 5.41) is 12.7. The Morgan fingerprint density at radius 3 is 2.58 bits per heavy atom. The van der Waals surface area contributed by atoms with Crippen LogP contribution in [0.25, 0.3) is 5.69 Å². The van der Waals surface area contributed by atoms with E-state index in [-0.39, 0.29) is 6.04 Å². The highest BCUT2D eigenvalue weighted by atomic mass is 32.1. The minimum absolute atomic E-state index is 0.227. The van der Waals surface area contributed by atoms with Crippen molar-refractivity contribution in [2.75, 3.05) is 38.7 Å². The molecule has 1 unspecified atom stereocenters. The number of rotatable bonds is 7. The Labute approximate surface area is 200 Å². The molecular weight excluding hydrogens is 430 g/mol. The van der Waals surface area contributed by atoms with Gasteiger partial charge in [-0.15, -0.1) is 0 Å². The van der Waals surface area contributed by atoms with Crippen LogP contribution in [0.3, 0.4) is 0 Å². The number of para-hydroxylation sites is 1. The summed E-state index contributed by atoms with van der Waals surface area (Å²) in [6.45, 7) is 3.58. The first kappa shape index (κ1) is 22.1. The van der Waals surface area contributed by atoms with Gasteiger partial charge in [0.25, 0.3) is 0 Å². The standard InChI is InChI=1S/C26H31N5OS/c1-32-16-15-30-17-22(19-9-4-2-5-10-19)24(18-30)27-26(33)28-25-21-13-8-14-23(21)29-31(25)20-11-6-3-7-12-20/h2-7,9-12,22,24H,8,13-18H2,1H3,(H2,27,28,33)/t22?,24-/m1/s1. The SMILES string of the molecule is COCCN1CC(c2ccccc2)[C@H](NC(=S)Nc2c3c(nn2-c2ccccc2)CCC3)C1. The van der Waals surface area contributed by atoms with Crippen LogP contribution in [0.15, 0.2) is 60.7 Å². The minimum Gasteiger partial charge on any atom is -0.383 e. The van der Waals surface area contributed by atoms with Gasteiger partial charge in [0.1, 0.15) is 5.82 Å². The maximum atomic E-state index is 5.84. The van der Waals surface area contributed by atoms with Crippen molar-refractivity contribution >= 4 is 23.1 Å². The van der Waals surface area contributed by atoms with Gasteiger partial charge >= 0.3 is 0 Å². The Hall–Kier alpha value is -2.74. The van der Waals surface area contributed by atoms with Gasteiger partial charge in [-0.2, -0.15) is 5.10 Å². The average molecular weight is 462 g/mol. The first-order valence-corrected chi connectivity index (χ1v) is 12.1. The van der Waals surface area contributed by atoms with E-state index >= 15 is 0 Å². The van der Waals surface area contributed by atoms with Gasteiger partial charge in [0.05, 0.1) is 18.0 Å². The number of methoxy groups -OCH3 is 1. The lowest BCUT2D eigenvalue weighted by Gasteiger charge is -2.23. The molecule has 3 aromatic rings. The molecule has 1 fully saturated rings. The molecule has 2 heterocycles. The highest BCUT2D eigenvalue weighted by molar-refractivity contribution is 7.80. The number of ether oxygens (including phenoxy) is 1. The number of benzene rings is 2. The predicted molar refractivity (Wildman–Crippen MR) is 136 cm³/mol. The van der Waals surface area contributed by atoms with Crippen LogP contribution in [0.5, 0.6) is 0 Å². The van der Waals surface area contributed by atoms with Crippen molar-refractivity contribution in [2.45, 2.75) is 31.2 Å². The van der Waals surface area contributed by atoms with E-state index in [1.807, 2.05) is 22.9 Å². The summed E-state index contributed by atoms with van der Waals surface area (Å²) in [4.78, 5) is 2.45. The summed E-state index contributed by atoms with van der Waals surface area (Å²) >= 11 is 5.84. The lowest BCUT2D eigenvalue weighted by atomic mass is 9.94. The molecule has 2 atom stereocenters. The molecule has 1 aliphatic carbocycles. The summed E-state index contributed by atoms with van der Waals surface area (Å²) in [7, 11) is 1.76. The van der Waals surface area contributed by atoms with Gasteiger partial charge in [-0.25, -0.2) is 4.68 Å². The number of thiocarbonyl (C=S) groups is 1. The van der Waals surface area contributed by atoms with Crippen molar-refractivity contribution in [3.8, 4) is 5.69 Å². The van der Waals surface area contributed by atoms with Crippen LogP contribution in [0.2, 0.25) is 0 Å². The molecule has 33 heavy (non-hydrogen) atoms. The smallest absolute Gasteiger partial charge is 0.172 e. The third-order valence-corrected chi connectivity index (χ3v) is 6.91. The fraction of sp³-hybridized carbons (Fsp3) is 0.385. The summed E-state index contributed by atoms with van der Waals surface area (Å²) in [5.41, 5.74) is 4.85. The lowest BCUT2D eigenvalue weighted by molar-refractivity contribution is 0.159. The zero-order valence-electron chi connectivity index (χ0n) is 19.0. The zero-order chi connectivity index (χ0) is 22.6. The normalized spacial score (nSPS) is 20.0. The summed E-state index contributed by atoms with van der Waals surface area (Å²) in [5.74, 6) is 1.37. The van der Waals surface area contributed by atoms with E-state index < -0.39 is 0 Å². The van der Waals surface area contributed by atoms with Gasteiger partial charge < -0.3 is 15.4 Å². The monoisotopic (exact) mass is 461 g/mol. The highest BCUT2D eigenvalue weighted by Crippen LogP contribution is 2.31. The number of aromatic nitrogens is 2. The molecule has 0 saturated carbocycles. The largest absolute Gasteiger partial charge is 0.383 e. The number of hydrogen-bond donors (Lipinski definition) is 2. The number of nitrogens with zero attached hydrogens (tertiary/aromatic N) is 3. The molecule has 5 rings (SSSR count). The molecule has 0 spiro atoms. The Bertz CT molecular complexity index is 1080. The van der Waals surface area contributed by atoms with Crippen molar-refractivity contribution in [3.05, 3.63) is 77.5 Å². The first-order valence-electron chi connectivity index (χ1n) is 11.7. The van der Waals surface area contributed by atoms with Crippen LogP contribution in [-0.4, -0.2) is 59.2 Å². The molecule has 0 bridgehead atoms. The Morgan fingerprint density at radius 2 is 1.82 bits per heavy atom. The predicted octanol–water partition coefficient (Wildman–Crippen LogP) is 3.76. The van der Waals surface area contributed by atoms with E-state index in [9.17, 15) is 0 Å². The van der Waals surface area contributed by atoms with Crippen LogP contribution in [0.1, 0.15) is 29.2 Å². The van der Waals surface area contributed by atoms with Crippen LogP contribution >= 0.6 is 12.2 Å². The van der Waals surface area contributed by atoms with Crippen LogP contribution in [0, 0.1) is 0 Å². The number of likely N-dealkylation sites (tertiary alicyclic amines) is 1. The van der Waals surface area contributed by atoms with Crippen LogP contribution < -0.4 is 10.6 Å². The quantitative estimate of drug-likeness (QED) is 0.523. The highest BCUT2D eigenvalue weighted by Gasteiger charge is 2.34. The minimum atomic E-state index is 0.227. The number of anilines is 1. The van der Waals surface area contributed by atoms with Crippen molar-refractivity contribution in [1.82, 2.24) is 20.0 Å². The number of hydrogen-bond acceptors (Lipinski definition) is 4. The fourth-order valence-electron chi connectivity index (χ4n) is 5.06. The second-order valence-corrected chi connectivity index (χ2v) is 9.26. The molecule has 0 amide bonds. The molecule has 6 nitrogen and oxygen atoms in total. The van der Waals surface area contributed by atoms with E-state index in [4.69, 9.17) is 22.1 Å². The van der Waals surface area contributed by atoms with Gasteiger partial charge in [0.2, 0.25) is 0 Å². The van der Waals surface area contributed by atoms with Gasteiger partial charge in [0, 0.05) is 44.3 Å². The van der Waals surface area contributed by atoms with Crippen LogP contribution in [-0.2, 0) is 17.6 Å². The number of fused-ring (bicyclic) bond motifs is 1. The summed E-state index contributed by atoms with van der Waals surface area (Å²) < 4.78 is 7.33. The second kappa shape index (κ2) is 10.0. The Kier molecular flexibility index (Phi) is 6.71. The third kappa shape index (κ3) is 4.81. The maximum Gasteiger partial charge on any atom is 0.172 e. The van der Waals surface area contributed by atoms with Gasteiger partial charge in [-0.3, -0.25) is 4.90 Å². The first-order chi connectivity index (χ1) is 16.2. The van der Waals surface area contributed by atoms with Crippen molar-refractivity contribution in [1.29, 1.82) is 0 Å². The molecule has 172 valence electrons. The molecule has 1 aromatic heterocycles. The van der Waals surface area contributed by atoms with Crippen LogP contribution in [0.4, 0.5) is 5.82 Å². The number of nitrogens with one attached hydrogen (secondary N) is 2. The van der Waals surface area contributed by atoms with Gasteiger partial charge in [-0.1, -0.05) is 48.5 Å².